The van der Waals surface area contributed by atoms with Gasteiger partial charge in [0.15, 0.2) is 5.84 Å². The molecule has 0 amide bonds. The van der Waals surface area contributed by atoms with Gasteiger partial charge in [-0.25, -0.2) is 16.7 Å². The van der Waals surface area contributed by atoms with E-state index in [1.54, 1.807) is 0 Å². The summed E-state index contributed by atoms with van der Waals surface area (Å²) in [7, 11) is 14.0. The van der Waals surface area contributed by atoms with Crippen LogP contribution in [0.3, 0.4) is 0 Å². The van der Waals surface area contributed by atoms with Crippen LogP contribution < -0.4 is 5.09 Å². The van der Waals surface area contributed by atoms with Crippen molar-refractivity contribution in [3.8, 4) is 0 Å². The molecule has 3 rings (SSSR count). The van der Waals surface area contributed by atoms with Gasteiger partial charge in [-0.3, -0.25) is 0 Å². The van der Waals surface area contributed by atoms with Gasteiger partial charge in [0.05, 0.1) is 25.1 Å². The Morgan fingerprint density at radius 2 is 1.44 bits per heavy atom. The molecule has 0 radical (unpaired) electrons. The number of para-hydroxylation sites is 1. The van der Waals surface area contributed by atoms with Crippen molar-refractivity contribution < 1.29 is 16.1 Å². The molecular weight excluding hydrogens is 606 g/mol. The third-order valence-corrected chi connectivity index (χ3v) is 9.19. The molecule has 0 unspecified atom stereocenters. The maximum absolute atomic E-state index is 5.22. The Bertz CT molecular complexity index is 978. The van der Waals surface area contributed by atoms with Crippen LogP contribution in [-0.4, -0.2) is 23.8 Å². The van der Waals surface area contributed by atoms with Crippen molar-refractivity contribution in [1.82, 2.24) is 5.09 Å². The van der Waals surface area contributed by atoms with E-state index in [2.05, 4.69) is 123 Å². The fraction of sp³-hybridized carbons (Fsp3) is 0.548. The van der Waals surface area contributed by atoms with Crippen LogP contribution in [0.4, 0.5) is 5.69 Å². The van der Waals surface area contributed by atoms with E-state index in [0.29, 0.717) is 11.3 Å². The Labute approximate surface area is 257 Å². The van der Waals surface area contributed by atoms with E-state index in [9.17, 15) is 0 Å². The summed E-state index contributed by atoms with van der Waals surface area (Å²) in [6.45, 7) is 25.6. The zero-order chi connectivity index (χ0) is 29.8. The van der Waals surface area contributed by atoms with Gasteiger partial charge < -0.3 is 4.74 Å². The molecule has 2 aromatic rings. The predicted molar refractivity (Wildman–Crippen MR) is 175 cm³/mol. The van der Waals surface area contributed by atoms with Gasteiger partial charge in [0.1, 0.15) is 0 Å². The fourth-order valence-corrected chi connectivity index (χ4v) is 6.51. The first-order valence-electron chi connectivity index (χ1n) is 13.6. The average molecular weight is 655 g/mol. The first kappa shape index (κ1) is 36.7. The van der Waals surface area contributed by atoms with Crippen LogP contribution >= 0.6 is 38.2 Å². The molecule has 1 aliphatic rings. The van der Waals surface area contributed by atoms with E-state index in [1.165, 1.54) is 17.5 Å². The van der Waals surface area contributed by atoms with Gasteiger partial charge in [-0.15, -0.1) is 0 Å². The van der Waals surface area contributed by atoms with E-state index in [4.69, 9.17) is 39.9 Å². The first-order valence-corrected chi connectivity index (χ1v) is 20.5. The summed E-state index contributed by atoms with van der Waals surface area (Å²) in [5.74, 6) is 1.00. The molecule has 1 fully saturated rings. The quantitative estimate of drug-likeness (QED) is 0.151. The molecule has 0 aromatic heterocycles. The average Bonchev–Trinajstić information content (AvgIpc) is 3.40. The van der Waals surface area contributed by atoms with Gasteiger partial charge in [0.2, 0.25) is 0 Å². The van der Waals surface area contributed by atoms with Crippen molar-refractivity contribution in [3.05, 3.63) is 71.8 Å². The zero-order valence-electron chi connectivity index (χ0n) is 25.4. The molecule has 0 aliphatic carbocycles. The van der Waals surface area contributed by atoms with E-state index in [-0.39, 0.29) is 10.8 Å². The summed E-state index contributed by atoms with van der Waals surface area (Å²) in [5, 5.41) is 3.91. The monoisotopic (exact) mass is 653 g/mol. The number of nitrogens with one attached hydrogen (secondary N) is 1. The Balaban J connectivity index is 0.000000717. The van der Waals surface area contributed by atoms with Crippen LogP contribution in [0.2, 0.25) is 0 Å². The molecule has 2 aromatic carbocycles. The molecule has 1 aliphatic heterocycles. The van der Waals surface area contributed by atoms with Crippen molar-refractivity contribution in [2.24, 2.45) is 4.99 Å². The van der Waals surface area contributed by atoms with Gasteiger partial charge in [-0.2, -0.15) is 6.42 Å². The Kier molecular flexibility index (Phi) is 16.6. The molecular formula is C31H49Cl3CrN2OP+. The number of halogens is 3. The summed E-state index contributed by atoms with van der Waals surface area (Å²) in [4.78, 5) is 5.22. The number of rotatable bonds is 5. The molecule has 3 nitrogen and oxygen atoms in total. The van der Waals surface area contributed by atoms with Gasteiger partial charge in [-0.1, -0.05) is 90.4 Å². The first-order chi connectivity index (χ1) is 18.0. The molecule has 0 bridgehead atoms. The summed E-state index contributed by atoms with van der Waals surface area (Å²) in [5.41, 5.74) is 6.27. The Morgan fingerprint density at radius 1 is 0.897 bits per heavy atom. The molecule has 220 valence electrons. The fourth-order valence-electron chi connectivity index (χ4n) is 4.13. The molecule has 8 heteroatoms. The number of amidine groups is 1. The van der Waals surface area contributed by atoms with Crippen LogP contribution in [0, 0.1) is 6.61 Å². The zero-order valence-corrected chi connectivity index (χ0v) is 29.9. The number of ether oxygens (including phenoxy) is 1. The van der Waals surface area contributed by atoms with E-state index < -0.39 is 19.5 Å². The third-order valence-electron chi connectivity index (χ3n) is 6.18. The number of aliphatic imine (C=N–C) groups is 1. The van der Waals surface area contributed by atoms with Crippen LogP contribution in [-0.2, 0) is 27.0 Å². The second-order valence-electron chi connectivity index (χ2n) is 12.3. The van der Waals surface area contributed by atoms with E-state index >= 15 is 0 Å². The standard InChI is InChI=1S/C27H41N2P.C4H7O.3ClH.Cr/c1-19(2)30(20(3)4)29-25(21-15-17-22(18-16-21)26(5,6)7)28-24-14-12-11-13-23(24)27(8,9)10;1-2-4-5-3-1;;;;/h11-20H,1-10H3,(H,28,29);3H,1-2,4H2;3*1H;/q;-1;;;;+4/p-2. The minimum absolute atomic E-state index is 0.0468. The van der Waals surface area contributed by atoms with Crippen molar-refractivity contribution in [2.75, 3.05) is 6.61 Å². The van der Waals surface area contributed by atoms with E-state index in [0.717, 1.165) is 30.1 Å². The predicted octanol–water partition coefficient (Wildman–Crippen LogP) is 10.9. The number of benzene rings is 2. The molecule has 1 saturated heterocycles. The third kappa shape index (κ3) is 14.4. The van der Waals surface area contributed by atoms with Crippen molar-refractivity contribution in [2.45, 2.75) is 104 Å². The molecule has 0 saturated carbocycles. The summed E-state index contributed by atoms with van der Waals surface area (Å²) in [6.07, 6.45) is 2.38. The number of nitrogens with zero attached hydrogens (tertiary/aromatic N) is 1. The molecule has 0 spiro atoms. The molecule has 1 heterocycles. The van der Waals surface area contributed by atoms with Gasteiger partial charge in [0.25, 0.3) is 0 Å². The Hall–Kier alpha value is -0.298. The Morgan fingerprint density at radius 3 is 1.82 bits per heavy atom. The van der Waals surface area contributed by atoms with Crippen LogP contribution in [0.5, 0.6) is 0 Å². The molecule has 0 atom stereocenters. The minimum atomic E-state index is -1.62. The molecule has 39 heavy (non-hydrogen) atoms. The van der Waals surface area contributed by atoms with Gasteiger partial charge in [-0.05, 0) is 55.7 Å². The van der Waals surface area contributed by atoms with Crippen molar-refractivity contribution in [1.29, 1.82) is 0 Å². The van der Waals surface area contributed by atoms with Gasteiger partial charge >= 0.3 is 41.5 Å². The van der Waals surface area contributed by atoms with Crippen molar-refractivity contribution in [3.63, 3.8) is 0 Å². The van der Waals surface area contributed by atoms with Crippen LogP contribution in [0.25, 0.3) is 0 Å². The maximum atomic E-state index is 5.22. The number of hydrogen-bond donors (Lipinski definition) is 1. The van der Waals surface area contributed by atoms with Crippen LogP contribution in [0.15, 0.2) is 53.5 Å². The van der Waals surface area contributed by atoms with Crippen LogP contribution in [0.1, 0.15) is 98.8 Å². The summed E-state index contributed by atoms with van der Waals surface area (Å²) < 4.78 is 4.82. The normalized spacial score (nSPS) is 14.3. The summed E-state index contributed by atoms with van der Waals surface area (Å²) in [6, 6.07) is 17.5. The second kappa shape index (κ2) is 17.6. The SMILES string of the molecule is CC(C)[PH+](NC(=Nc1ccccc1C(C)(C)C)c1ccc(C(C)(C)C)cc1)C(C)C.[CH-]1CCCO1.[Cl][Cr+]([Cl])[Cl]. The topological polar surface area (TPSA) is 33.6 Å². The molecule has 1 N–H and O–H groups in total. The second-order valence-corrected chi connectivity index (χ2v) is 22.1. The summed E-state index contributed by atoms with van der Waals surface area (Å²) >= 11 is -1.62. The number of hydrogen-bond acceptors (Lipinski definition) is 2. The van der Waals surface area contributed by atoms with Gasteiger partial charge in [0, 0.05) is 12.2 Å². The van der Waals surface area contributed by atoms with Crippen molar-refractivity contribution >= 4 is 49.7 Å². The van der Waals surface area contributed by atoms with E-state index in [1.807, 2.05) is 6.61 Å².